The first-order valence-corrected chi connectivity index (χ1v) is 7.98. The van der Waals surface area contributed by atoms with Crippen molar-refractivity contribution in [2.45, 2.75) is 31.3 Å². The summed E-state index contributed by atoms with van der Waals surface area (Å²) in [6.07, 6.45) is 2.67. The maximum atomic E-state index is 12.2. The number of hydrogen-bond donors (Lipinski definition) is 1. The molecule has 0 spiro atoms. The maximum absolute atomic E-state index is 12.2. The number of rotatable bonds is 5. The van der Waals surface area contributed by atoms with Crippen molar-refractivity contribution in [2.75, 3.05) is 18.6 Å². The third-order valence-corrected chi connectivity index (χ3v) is 4.85. The van der Waals surface area contributed by atoms with Gasteiger partial charge in [-0.3, -0.25) is 4.79 Å². The van der Waals surface area contributed by atoms with Crippen molar-refractivity contribution < 1.29 is 4.79 Å². The molecule has 4 heteroatoms. The predicted octanol–water partition coefficient (Wildman–Crippen LogP) is 1.91. The van der Waals surface area contributed by atoms with E-state index in [1.807, 2.05) is 41.9 Å². The molecule has 1 fully saturated rings. The highest BCUT2D eigenvalue weighted by Gasteiger charge is 2.26. The highest BCUT2D eigenvalue weighted by atomic mass is 32.2. The number of likely N-dealkylation sites (N-methyl/N-ethyl adjacent to an activating group) is 1. The zero-order valence-corrected chi connectivity index (χ0v) is 12.2. The minimum Gasteiger partial charge on any atom is -0.341 e. The number of carbonyl (C=O) groups is 1. The van der Waals surface area contributed by atoms with E-state index in [4.69, 9.17) is 5.73 Å². The molecule has 1 amide bonds. The van der Waals surface area contributed by atoms with Gasteiger partial charge in [0.2, 0.25) is 5.91 Å². The molecule has 2 N–H and O–H groups in total. The fraction of sp³-hybridized carbons (Fsp3) is 0.533. The predicted molar refractivity (Wildman–Crippen MR) is 81.2 cm³/mol. The first-order valence-electron chi connectivity index (χ1n) is 6.82. The number of nitrogens with two attached hydrogens (primary N) is 1. The standard InChI is InChI=1S/C15H22N2OS/c1-17(13-9-10-19-11-13)15(18)14(16)8-7-12-5-3-2-4-6-12/h2-6,13-14H,7-11,16H2,1H3/t13?,14-/m0/s1. The molecule has 104 valence electrons. The Hall–Kier alpha value is -1.00. The fourth-order valence-electron chi connectivity index (χ4n) is 2.36. The molecule has 1 aromatic rings. The highest BCUT2D eigenvalue weighted by molar-refractivity contribution is 7.99. The molecule has 3 nitrogen and oxygen atoms in total. The molecule has 2 atom stereocenters. The molecule has 0 aliphatic carbocycles. The molecule has 0 radical (unpaired) electrons. The lowest BCUT2D eigenvalue weighted by Crippen LogP contribution is -2.46. The van der Waals surface area contributed by atoms with Gasteiger partial charge in [-0.25, -0.2) is 0 Å². The molecule has 19 heavy (non-hydrogen) atoms. The van der Waals surface area contributed by atoms with E-state index in [1.165, 1.54) is 5.56 Å². The number of aryl methyl sites for hydroxylation is 1. The third-order valence-electron chi connectivity index (χ3n) is 3.71. The van der Waals surface area contributed by atoms with Crippen LogP contribution in [-0.4, -0.2) is 41.4 Å². The maximum Gasteiger partial charge on any atom is 0.239 e. The summed E-state index contributed by atoms with van der Waals surface area (Å²) < 4.78 is 0. The van der Waals surface area contributed by atoms with Gasteiger partial charge in [0, 0.05) is 18.8 Å². The third kappa shape index (κ3) is 3.98. The molecule has 0 bridgehead atoms. The van der Waals surface area contributed by atoms with Gasteiger partial charge in [0.15, 0.2) is 0 Å². The van der Waals surface area contributed by atoms with Gasteiger partial charge in [-0.05, 0) is 30.6 Å². The highest BCUT2D eigenvalue weighted by Crippen LogP contribution is 2.22. The summed E-state index contributed by atoms with van der Waals surface area (Å²) in [5, 5.41) is 0. The molecule has 0 aromatic heterocycles. The van der Waals surface area contributed by atoms with Gasteiger partial charge >= 0.3 is 0 Å². The zero-order valence-electron chi connectivity index (χ0n) is 11.4. The van der Waals surface area contributed by atoms with E-state index in [1.54, 1.807) is 0 Å². The average Bonchev–Trinajstić information content (AvgIpc) is 2.98. The number of carbonyl (C=O) groups excluding carboxylic acids is 1. The first kappa shape index (κ1) is 14.4. The molecular formula is C15H22N2OS. The van der Waals surface area contributed by atoms with Crippen LogP contribution in [0.4, 0.5) is 0 Å². The van der Waals surface area contributed by atoms with Crippen molar-refractivity contribution in [3.8, 4) is 0 Å². The van der Waals surface area contributed by atoms with Gasteiger partial charge in [-0.15, -0.1) is 0 Å². The molecular weight excluding hydrogens is 256 g/mol. The molecule has 0 saturated carbocycles. The van der Waals surface area contributed by atoms with Gasteiger partial charge in [0.1, 0.15) is 0 Å². The van der Waals surface area contributed by atoms with Crippen LogP contribution in [0, 0.1) is 0 Å². The molecule has 2 rings (SSSR count). The summed E-state index contributed by atoms with van der Waals surface area (Å²) >= 11 is 1.92. The molecule has 1 heterocycles. The molecule has 1 aliphatic rings. The van der Waals surface area contributed by atoms with Crippen LogP contribution in [0.3, 0.4) is 0 Å². The second-order valence-corrected chi connectivity index (χ2v) is 6.25. The summed E-state index contributed by atoms with van der Waals surface area (Å²) in [5.41, 5.74) is 7.28. The topological polar surface area (TPSA) is 46.3 Å². The van der Waals surface area contributed by atoms with Crippen LogP contribution in [0.25, 0.3) is 0 Å². The van der Waals surface area contributed by atoms with Crippen molar-refractivity contribution in [1.82, 2.24) is 4.90 Å². The summed E-state index contributed by atoms with van der Waals surface area (Å²) in [5.74, 6) is 2.29. The van der Waals surface area contributed by atoms with Crippen molar-refractivity contribution in [3.63, 3.8) is 0 Å². The van der Waals surface area contributed by atoms with Crippen LogP contribution in [-0.2, 0) is 11.2 Å². The van der Waals surface area contributed by atoms with E-state index in [9.17, 15) is 4.79 Å². The van der Waals surface area contributed by atoms with Crippen molar-refractivity contribution in [2.24, 2.45) is 5.73 Å². The number of benzene rings is 1. The number of nitrogens with zero attached hydrogens (tertiary/aromatic N) is 1. The lowest BCUT2D eigenvalue weighted by molar-refractivity contribution is -0.133. The number of hydrogen-bond acceptors (Lipinski definition) is 3. The summed E-state index contributed by atoms with van der Waals surface area (Å²) in [4.78, 5) is 14.1. The Bertz CT molecular complexity index is 404. The summed E-state index contributed by atoms with van der Waals surface area (Å²) in [6, 6.07) is 10.2. The Balaban J connectivity index is 1.81. The lowest BCUT2D eigenvalue weighted by Gasteiger charge is -2.26. The Kier molecular flexibility index (Phi) is 5.28. The second-order valence-electron chi connectivity index (χ2n) is 5.10. The fourth-order valence-corrected chi connectivity index (χ4v) is 3.63. The van der Waals surface area contributed by atoms with Crippen molar-refractivity contribution >= 4 is 17.7 Å². The smallest absolute Gasteiger partial charge is 0.239 e. The van der Waals surface area contributed by atoms with E-state index in [-0.39, 0.29) is 11.9 Å². The summed E-state index contributed by atoms with van der Waals surface area (Å²) in [6.45, 7) is 0. The van der Waals surface area contributed by atoms with Crippen LogP contribution in [0.1, 0.15) is 18.4 Å². The number of thioether (sulfide) groups is 1. The normalized spacial score (nSPS) is 20.2. The minimum atomic E-state index is -0.379. The van der Waals surface area contributed by atoms with Crippen LogP contribution >= 0.6 is 11.8 Å². The Morgan fingerprint density at radius 3 is 2.84 bits per heavy atom. The van der Waals surface area contributed by atoms with Gasteiger partial charge < -0.3 is 10.6 Å². The Morgan fingerprint density at radius 2 is 2.21 bits per heavy atom. The molecule has 1 aromatic carbocycles. The second kappa shape index (κ2) is 6.96. The van der Waals surface area contributed by atoms with E-state index in [0.717, 1.165) is 24.3 Å². The van der Waals surface area contributed by atoms with E-state index >= 15 is 0 Å². The van der Waals surface area contributed by atoms with E-state index in [0.29, 0.717) is 12.5 Å². The molecule has 1 unspecified atom stereocenters. The van der Waals surface area contributed by atoms with E-state index < -0.39 is 0 Å². The van der Waals surface area contributed by atoms with Crippen LogP contribution in [0.2, 0.25) is 0 Å². The SMILES string of the molecule is CN(C(=O)[C@@H](N)CCc1ccccc1)C1CCSC1. The van der Waals surface area contributed by atoms with E-state index in [2.05, 4.69) is 12.1 Å². The van der Waals surface area contributed by atoms with Gasteiger partial charge in [0.25, 0.3) is 0 Å². The quantitative estimate of drug-likeness (QED) is 0.895. The van der Waals surface area contributed by atoms with Gasteiger partial charge in [0.05, 0.1) is 6.04 Å². The van der Waals surface area contributed by atoms with Gasteiger partial charge in [-0.1, -0.05) is 30.3 Å². The largest absolute Gasteiger partial charge is 0.341 e. The monoisotopic (exact) mass is 278 g/mol. The van der Waals surface area contributed by atoms with Crippen LogP contribution < -0.4 is 5.73 Å². The molecule has 1 aliphatic heterocycles. The molecule has 1 saturated heterocycles. The Labute approximate surface area is 119 Å². The lowest BCUT2D eigenvalue weighted by atomic mass is 10.0. The van der Waals surface area contributed by atoms with Crippen molar-refractivity contribution in [3.05, 3.63) is 35.9 Å². The average molecular weight is 278 g/mol. The zero-order chi connectivity index (χ0) is 13.7. The van der Waals surface area contributed by atoms with Crippen LogP contribution in [0.15, 0.2) is 30.3 Å². The van der Waals surface area contributed by atoms with Crippen molar-refractivity contribution in [1.29, 1.82) is 0 Å². The minimum absolute atomic E-state index is 0.0865. The van der Waals surface area contributed by atoms with Crippen LogP contribution in [0.5, 0.6) is 0 Å². The summed E-state index contributed by atoms with van der Waals surface area (Å²) in [7, 11) is 1.89. The number of amides is 1. The first-order chi connectivity index (χ1) is 9.18. The van der Waals surface area contributed by atoms with Gasteiger partial charge in [-0.2, -0.15) is 11.8 Å². The Morgan fingerprint density at radius 1 is 1.47 bits per heavy atom.